The monoisotopic (exact) mass is 566 g/mol. The fourth-order valence-corrected chi connectivity index (χ4v) is 2.76. The van der Waals surface area contributed by atoms with Crippen molar-refractivity contribution in [3.8, 4) is 0 Å². The second-order valence-electron chi connectivity index (χ2n) is 9.33. The van der Waals surface area contributed by atoms with Crippen molar-refractivity contribution in [2.45, 2.75) is 51.0 Å². The van der Waals surface area contributed by atoms with Gasteiger partial charge in [0.1, 0.15) is 24.3 Å². The Morgan fingerprint density at radius 2 is 0.875 bits per heavy atom. The molecule has 0 saturated heterocycles. The van der Waals surface area contributed by atoms with E-state index in [1.807, 2.05) is 74.5 Å². The molecule has 0 aliphatic rings. The van der Waals surface area contributed by atoms with Gasteiger partial charge in [-0.15, -0.1) is 0 Å². The van der Waals surface area contributed by atoms with Crippen LogP contribution < -0.4 is 20.0 Å². The van der Waals surface area contributed by atoms with Crippen LogP contribution >= 0.6 is 0 Å². The number of hydrogen-bond donors (Lipinski definition) is 6. The van der Waals surface area contributed by atoms with Gasteiger partial charge in [-0.25, -0.2) is 0 Å². The third kappa shape index (κ3) is 19.3. The molecule has 0 aromatic heterocycles. The number of rotatable bonds is 10. The van der Waals surface area contributed by atoms with Crippen LogP contribution in [0, 0.1) is 0 Å². The van der Waals surface area contributed by atoms with E-state index in [0.717, 1.165) is 11.1 Å². The molecular formula is C28H42N2O10. The van der Waals surface area contributed by atoms with E-state index in [1.165, 1.54) is 9.80 Å². The van der Waals surface area contributed by atoms with Crippen molar-refractivity contribution in [1.29, 1.82) is 0 Å². The van der Waals surface area contributed by atoms with Gasteiger partial charge in [0.15, 0.2) is 0 Å². The summed E-state index contributed by atoms with van der Waals surface area (Å²) in [7, 11) is 8.21. The molecular weight excluding hydrogens is 524 g/mol. The normalized spacial score (nSPS) is 13.1. The number of carbonyl (C=O) groups excluding carboxylic acids is 2. The summed E-state index contributed by atoms with van der Waals surface area (Å²) >= 11 is 0. The van der Waals surface area contributed by atoms with Gasteiger partial charge in [-0.3, -0.25) is 9.59 Å². The van der Waals surface area contributed by atoms with Crippen molar-refractivity contribution >= 4 is 23.9 Å². The first-order valence-electron chi connectivity index (χ1n) is 12.4. The molecule has 0 amide bonds. The molecule has 2 aromatic carbocycles. The van der Waals surface area contributed by atoms with Crippen molar-refractivity contribution < 1.29 is 59.6 Å². The quantitative estimate of drug-likeness (QED) is 0.160. The highest BCUT2D eigenvalue weighted by atomic mass is 16.4. The smallest absolute Gasteiger partial charge is 0.309 e. The predicted octanol–water partition coefficient (Wildman–Crippen LogP) is -3.07. The van der Waals surface area contributed by atoms with Crippen LogP contribution in [0.2, 0.25) is 0 Å². The highest BCUT2D eigenvalue weighted by Crippen LogP contribution is 2.14. The molecule has 0 bridgehead atoms. The highest BCUT2D eigenvalue weighted by Gasteiger charge is 2.21. The Hall–Kier alpha value is -3.84. The summed E-state index contributed by atoms with van der Waals surface area (Å²) in [5.41, 5.74) is 1.99. The van der Waals surface area contributed by atoms with E-state index in [9.17, 15) is 39.6 Å². The fraction of sp³-hybridized carbons (Fsp3) is 0.429. The Bertz CT molecular complexity index is 895. The summed E-state index contributed by atoms with van der Waals surface area (Å²) in [4.78, 5) is 39.9. The van der Waals surface area contributed by atoms with Crippen molar-refractivity contribution in [3.05, 3.63) is 71.8 Å². The third-order valence-corrected chi connectivity index (χ3v) is 5.64. The maximum atomic E-state index is 9.94. The van der Waals surface area contributed by atoms with E-state index in [1.54, 1.807) is 0 Å². The molecule has 2 aromatic rings. The van der Waals surface area contributed by atoms with Crippen molar-refractivity contribution in [2.75, 3.05) is 28.2 Å². The number of aliphatic carboxylic acids is 4. The topological polar surface area (TPSA) is 204 Å². The van der Waals surface area contributed by atoms with Gasteiger partial charge in [0.2, 0.25) is 0 Å². The average molecular weight is 567 g/mol. The number of aliphatic hydroxyl groups excluding tert-OH is 2. The van der Waals surface area contributed by atoms with Gasteiger partial charge < -0.3 is 50.0 Å². The Morgan fingerprint density at radius 3 is 1.02 bits per heavy atom. The lowest BCUT2D eigenvalue weighted by atomic mass is 10.0. The van der Waals surface area contributed by atoms with Crippen LogP contribution in [0.25, 0.3) is 0 Å². The average Bonchev–Trinajstić information content (AvgIpc) is 2.87. The molecule has 2 rings (SSSR count). The standard InChI is InChI=1S/2C11H17NO.2C3H4O4/c2*1-9(12(2)3)11(13)10-7-5-4-6-8-10;2*4-2(5)1-3(6)7/h2*4-9,11,13H,1-3H3;2*1H2,(H,4,5)(H,6,7)/t2*9-,11-;;/m00../s1. The summed E-state index contributed by atoms with van der Waals surface area (Å²) in [6, 6.07) is 20.0. The zero-order valence-electron chi connectivity index (χ0n) is 23.7. The first-order valence-corrected chi connectivity index (χ1v) is 12.4. The van der Waals surface area contributed by atoms with Crippen molar-refractivity contribution in [3.63, 3.8) is 0 Å². The van der Waals surface area contributed by atoms with Gasteiger partial charge in [0.25, 0.3) is 0 Å². The number of quaternary nitrogens is 2. The zero-order chi connectivity index (χ0) is 31.4. The third-order valence-electron chi connectivity index (χ3n) is 5.64. The van der Waals surface area contributed by atoms with Crippen molar-refractivity contribution in [1.82, 2.24) is 0 Å². The Kier molecular flexibility index (Phi) is 20.1. The molecule has 6 N–H and O–H groups in total. The molecule has 224 valence electrons. The lowest BCUT2D eigenvalue weighted by Crippen LogP contribution is -3.10. The van der Waals surface area contributed by atoms with E-state index >= 15 is 0 Å². The van der Waals surface area contributed by atoms with Gasteiger partial charge in [-0.2, -0.15) is 0 Å². The zero-order valence-corrected chi connectivity index (χ0v) is 23.7. The van der Waals surface area contributed by atoms with Crippen LogP contribution in [0.1, 0.15) is 50.0 Å². The maximum Gasteiger partial charge on any atom is 0.309 e. The molecule has 0 unspecified atom stereocenters. The van der Waals surface area contributed by atoms with Gasteiger partial charge in [0, 0.05) is 0 Å². The second-order valence-corrected chi connectivity index (χ2v) is 9.33. The second kappa shape index (κ2) is 21.0. The minimum Gasteiger partial charge on any atom is -0.550 e. The van der Waals surface area contributed by atoms with Gasteiger partial charge in [0.05, 0.1) is 53.0 Å². The molecule has 0 spiro atoms. The number of hydrogen-bond acceptors (Lipinski definition) is 8. The van der Waals surface area contributed by atoms with Crippen LogP contribution in [0.15, 0.2) is 60.7 Å². The van der Waals surface area contributed by atoms with Gasteiger partial charge >= 0.3 is 11.9 Å². The number of aliphatic hydroxyl groups is 2. The molecule has 0 heterocycles. The summed E-state index contributed by atoms with van der Waals surface area (Å²) in [6.07, 6.45) is -2.57. The molecule has 4 atom stereocenters. The SMILES string of the molecule is C[C@@H]([C@H](O)c1ccccc1)[NH+](C)C.C[C@@H]([C@H](O)c1ccccc1)[NH+](C)C.O=C([O-])CC(=O)O.O=C([O-])CC(=O)O. The molecule has 40 heavy (non-hydrogen) atoms. The number of carboxylic acids is 4. The minimum atomic E-state index is -1.56. The van der Waals surface area contributed by atoms with Crippen LogP contribution in [-0.4, -0.2) is 84.6 Å². The predicted molar refractivity (Wildman–Crippen MR) is 142 cm³/mol. The Labute approximate surface area is 234 Å². The van der Waals surface area contributed by atoms with E-state index in [4.69, 9.17) is 10.2 Å². The molecule has 0 saturated carbocycles. The summed E-state index contributed by atoms with van der Waals surface area (Å²) < 4.78 is 0. The van der Waals surface area contributed by atoms with Gasteiger partial charge in [-0.05, 0) is 25.0 Å². The van der Waals surface area contributed by atoms with E-state index < -0.39 is 36.7 Å². The molecule has 12 heteroatoms. The fourth-order valence-electron chi connectivity index (χ4n) is 2.76. The lowest BCUT2D eigenvalue weighted by Gasteiger charge is -2.22. The number of benzene rings is 2. The first-order chi connectivity index (χ1) is 18.5. The summed E-state index contributed by atoms with van der Waals surface area (Å²) in [5, 5.41) is 53.8. The van der Waals surface area contributed by atoms with E-state index in [0.29, 0.717) is 0 Å². The van der Waals surface area contributed by atoms with Crippen LogP contribution in [0.3, 0.4) is 0 Å². The molecule has 0 aliphatic carbocycles. The molecule has 0 radical (unpaired) electrons. The minimum absolute atomic E-state index is 0.224. The molecule has 0 aliphatic heterocycles. The van der Waals surface area contributed by atoms with E-state index in [-0.39, 0.29) is 24.3 Å². The summed E-state index contributed by atoms with van der Waals surface area (Å²) in [6.45, 7) is 4.10. The van der Waals surface area contributed by atoms with E-state index in [2.05, 4.69) is 28.2 Å². The summed E-state index contributed by atoms with van der Waals surface area (Å²) in [5.74, 6) is -5.88. The van der Waals surface area contributed by atoms with Crippen LogP contribution in [0.5, 0.6) is 0 Å². The number of nitrogens with one attached hydrogen (secondary N) is 2. The maximum absolute atomic E-state index is 9.94. The molecule has 12 nitrogen and oxygen atoms in total. The first kappa shape index (κ1) is 38.3. The largest absolute Gasteiger partial charge is 0.550 e. The van der Waals surface area contributed by atoms with Crippen LogP contribution in [0.4, 0.5) is 0 Å². The Balaban J connectivity index is 0. The van der Waals surface area contributed by atoms with Crippen LogP contribution in [-0.2, 0) is 19.2 Å². The van der Waals surface area contributed by atoms with Gasteiger partial charge in [-0.1, -0.05) is 60.7 Å². The number of carbonyl (C=O) groups is 4. The molecule has 0 fully saturated rings. The Morgan fingerprint density at radius 1 is 0.625 bits per heavy atom. The lowest BCUT2D eigenvalue weighted by molar-refractivity contribution is -0.888. The van der Waals surface area contributed by atoms with Crippen molar-refractivity contribution in [2.24, 2.45) is 0 Å². The number of carboxylic acid groups (broad SMARTS) is 4. The number of likely N-dealkylation sites (N-methyl/N-ethyl adjacent to an activating group) is 2. The highest BCUT2D eigenvalue weighted by molar-refractivity contribution is 5.88.